The molecular formula is C15H22O. The lowest BCUT2D eigenvalue weighted by Gasteiger charge is -2.33. The van der Waals surface area contributed by atoms with Gasteiger partial charge in [0.05, 0.1) is 0 Å². The van der Waals surface area contributed by atoms with E-state index in [4.69, 9.17) is 0 Å². The van der Waals surface area contributed by atoms with Gasteiger partial charge in [-0.25, -0.2) is 0 Å². The van der Waals surface area contributed by atoms with Gasteiger partial charge in [0.15, 0.2) is 5.78 Å². The number of hydrogen-bond acceptors (Lipinski definition) is 1. The molecule has 0 saturated heterocycles. The van der Waals surface area contributed by atoms with E-state index in [0.717, 1.165) is 24.3 Å². The summed E-state index contributed by atoms with van der Waals surface area (Å²) in [5, 5.41) is 0. The van der Waals surface area contributed by atoms with E-state index in [1.807, 2.05) is 6.08 Å². The van der Waals surface area contributed by atoms with Crippen LogP contribution in [0.25, 0.3) is 0 Å². The fourth-order valence-corrected chi connectivity index (χ4v) is 3.12. The van der Waals surface area contributed by atoms with Crippen LogP contribution in [0.15, 0.2) is 24.3 Å². The normalized spacial score (nSPS) is 29.1. The van der Waals surface area contributed by atoms with Crippen molar-refractivity contribution in [1.29, 1.82) is 0 Å². The topological polar surface area (TPSA) is 17.1 Å². The number of allylic oxidation sites excluding steroid dienone is 3. The first-order valence-electron chi connectivity index (χ1n) is 6.66. The van der Waals surface area contributed by atoms with Crippen LogP contribution < -0.4 is 0 Å². The lowest BCUT2D eigenvalue weighted by atomic mass is 9.71. The molecule has 2 unspecified atom stereocenters. The van der Waals surface area contributed by atoms with Gasteiger partial charge in [0, 0.05) is 6.42 Å². The second-order valence-electron chi connectivity index (χ2n) is 5.19. The average molecular weight is 218 g/mol. The summed E-state index contributed by atoms with van der Waals surface area (Å²) in [5.41, 5.74) is 1.12. The van der Waals surface area contributed by atoms with Gasteiger partial charge in [-0.1, -0.05) is 25.0 Å². The van der Waals surface area contributed by atoms with Gasteiger partial charge in [-0.3, -0.25) is 4.79 Å². The highest BCUT2D eigenvalue weighted by Crippen LogP contribution is 2.39. The van der Waals surface area contributed by atoms with Gasteiger partial charge in [0.1, 0.15) is 0 Å². The zero-order valence-electron chi connectivity index (χ0n) is 10.1. The van der Waals surface area contributed by atoms with Crippen LogP contribution in [0.3, 0.4) is 0 Å². The van der Waals surface area contributed by atoms with Crippen molar-refractivity contribution in [3.05, 3.63) is 24.3 Å². The highest BCUT2D eigenvalue weighted by atomic mass is 16.1. The monoisotopic (exact) mass is 218 g/mol. The SMILES string of the molecule is C=CCCC(=O)C1=CC2CCCCC2CC1. The Labute approximate surface area is 98.6 Å². The Kier molecular flexibility index (Phi) is 3.98. The Bertz CT molecular complexity index is 301. The number of carbonyl (C=O) groups excluding carboxylic acids is 1. The van der Waals surface area contributed by atoms with Crippen LogP contribution in [0.4, 0.5) is 0 Å². The average Bonchev–Trinajstić information content (AvgIpc) is 2.35. The quantitative estimate of drug-likeness (QED) is 0.651. The van der Waals surface area contributed by atoms with Crippen LogP contribution in [0, 0.1) is 11.8 Å². The molecule has 2 rings (SSSR count). The minimum Gasteiger partial charge on any atom is -0.295 e. The molecule has 0 heterocycles. The molecular weight excluding hydrogens is 196 g/mol. The van der Waals surface area contributed by atoms with E-state index in [2.05, 4.69) is 12.7 Å². The maximum Gasteiger partial charge on any atom is 0.158 e. The maximum absolute atomic E-state index is 11.9. The molecule has 1 heteroatoms. The zero-order chi connectivity index (χ0) is 11.4. The predicted molar refractivity (Wildman–Crippen MR) is 67.2 cm³/mol. The third-order valence-corrected chi connectivity index (χ3v) is 4.10. The van der Waals surface area contributed by atoms with Crippen molar-refractivity contribution in [2.75, 3.05) is 0 Å². The second kappa shape index (κ2) is 5.47. The molecule has 0 radical (unpaired) electrons. The first-order valence-corrected chi connectivity index (χ1v) is 6.66. The Balaban J connectivity index is 1.97. The smallest absolute Gasteiger partial charge is 0.158 e. The van der Waals surface area contributed by atoms with E-state index in [9.17, 15) is 4.79 Å². The highest BCUT2D eigenvalue weighted by Gasteiger charge is 2.28. The largest absolute Gasteiger partial charge is 0.295 e. The number of rotatable bonds is 4. The van der Waals surface area contributed by atoms with E-state index in [1.165, 1.54) is 32.1 Å². The second-order valence-corrected chi connectivity index (χ2v) is 5.19. The van der Waals surface area contributed by atoms with Gasteiger partial charge in [-0.2, -0.15) is 0 Å². The molecule has 88 valence electrons. The molecule has 1 saturated carbocycles. The predicted octanol–water partition coefficient (Wildman–Crippen LogP) is 4.05. The molecule has 0 bridgehead atoms. The lowest BCUT2D eigenvalue weighted by molar-refractivity contribution is -0.115. The van der Waals surface area contributed by atoms with Crippen molar-refractivity contribution in [2.24, 2.45) is 11.8 Å². The molecule has 0 N–H and O–H groups in total. The summed E-state index contributed by atoms with van der Waals surface area (Å²) in [4.78, 5) is 11.9. The number of Topliss-reactive ketones (excluding diaryl/α,β-unsaturated/α-hetero) is 1. The summed E-state index contributed by atoms with van der Waals surface area (Å²) >= 11 is 0. The van der Waals surface area contributed by atoms with Gasteiger partial charge in [-0.15, -0.1) is 6.58 Å². The first-order chi connectivity index (χ1) is 7.81. The molecule has 0 aromatic carbocycles. The van der Waals surface area contributed by atoms with Gasteiger partial charge >= 0.3 is 0 Å². The minimum absolute atomic E-state index is 0.365. The maximum atomic E-state index is 11.9. The number of ketones is 1. The summed E-state index contributed by atoms with van der Waals surface area (Å²) < 4.78 is 0. The van der Waals surface area contributed by atoms with Crippen LogP contribution in [-0.2, 0) is 4.79 Å². The van der Waals surface area contributed by atoms with Gasteiger partial charge in [0.2, 0.25) is 0 Å². The molecule has 0 aromatic heterocycles. The third-order valence-electron chi connectivity index (χ3n) is 4.10. The van der Waals surface area contributed by atoms with Gasteiger partial charge < -0.3 is 0 Å². The minimum atomic E-state index is 0.365. The Morgan fingerprint density at radius 2 is 2.19 bits per heavy atom. The van der Waals surface area contributed by atoms with Crippen molar-refractivity contribution in [1.82, 2.24) is 0 Å². The van der Waals surface area contributed by atoms with Crippen LogP contribution >= 0.6 is 0 Å². The molecule has 0 amide bonds. The summed E-state index contributed by atoms with van der Waals surface area (Å²) in [6.45, 7) is 3.67. The summed E-state index contributed by atoms with van der Waals surface area (Å²) in [6.07, 6.45) is 13.3. The van der Waals surface area contributed by atoms with Crippen molar-refractivity contribution in [2.45, 2.75) is 51.4 Å². The van der Waals surface area contributed by atoms with Crippen molar-refractivity contribution < 1.29 is 4.79 Å². The summed E-state index contributed by atoms with van der Waals surface area (Å²) in [5.74, 6) is 1.96. The zero-order valence-corrected chi connectivity index (χ0v) is 10.1. The van der Waals surface area contributed by atoms with Gasteiger partial charge in [0.25, 0.3) is 0 Å². The third kappa shape index (κ3) is 2.63. The van der Waals surface area contributed by atoms with Crippen LogP contribution in [0.5, 0.6) is 0 Å². The van der Waals surface area contributed by atoms with Crippen LogP contribution in [0.2, 0.25) is 0 Å². The van der Waals surface area contributed by atoms with Crippen molar-refractivity contribution in [3.8, 4) is 0 Å². The van der Waals surface area contributed by atoms with E-state index >= 15 is 0 Å². The molecule has 0 aliphatic heterocycles. The highest BCUT2D eigenvalue weighted by molar-refractivity contribution is 5.95. The molecule has 16 heavy (non-hydrogen) atoms. The van der Waals surface area contributed by atoms with Crippen LogP contribution in [-0.4, -0.2) is 5.78 Å². The summed E-state index contributed by atoms with van der Waals surface area (Å²) in [6, 6.07) is 0. The Hall–Kier alpha value is -0.850. The molecule has 1 fully saturated rings. The van der Waals surface area contributed by atoms with Crippen molar-refractivity contribution in [3.63, 3.8) is 0 Å². The molecule has 1 nitrogen and oxygen atoms in total. The number of fused-ring (bicyclic) bond motifs is 1. The summed E-state index contributed by atoms with van der Waals surface area (Å²) in [7, 11) is 0. The van der Waals surface area contributed by atoms with E-state index in [-0.39, 0.29) is 0 Å². The molecule has 0 spiro atoms. The first kappa shape index (κ1) is 11.6. The molecule has 2 aliphatic rings. The van der Waals surface area contributed by atoms with E-state index in [1.54, 1.807) is 0 Å². The molecule has 0 aromatic rings. The fraction of sp³-hybridized carbons (Fsp3) is 0.667. The van der Waals surface area contributed by atoms with E-state index in [0.29, 0.717) is 18.1 Å². The lowest BCUT2D eigenvalue weighted by Crippen LogP contribution is -2.23. The Morgan fingerprint density at radius 1 is 1.38 bits per heavy atom. The number of hydrogen-bond donors (Lipinski definition) is 0. The Morgan fingerprint density at radius 3 is 3.00 bits per heavy atom. The number of carbonyl (C=O) groups is 1. The van der Waals surface area contributed by atoms with Gasteiger partial charge in [-0.05, 0) is 49.5 Å². The molecule has 2 aliphatic carbocycles. The van der Waals surface area contributed by atoms with E-state index < -0.39 is 0 Å². The molecule has 2 atom stereocenters. The van der Waals surface area contributed by atoms with Crippen LogP contribution in [0.1, 0.15) is 51.4 Å². The fourth-order valence-electron chi connectivity index (χ4n) is 3.12. The standard InChI is InChI=1S/C15H22O/c1-2-3-8-15(16)14-10-9-12-6-4-5-7-13(12)11-14/h2,11-13H,1,3-10H2. The van der Waals surface area contributed by atoms with Crippen molar-refractivity contribution >= 4 is 5.78 Å².